The van der Waals surface area contributed by atoms with Gasteiger partial charge >= 0.3 is 12.3 Å². The fourth-order valence-electron chi connectivity index (χ4n) is 2.41. The monoisotopic (exact) mass is 392 g/mol. The fraction of sp³-hybridized carbons (Fsp3) is 0.118. The molecule has 28 heavy (non-hydrogen) atoms. The topological polar surface area (TPSA) is 99.6 Å². The average Bonchev–Trinajstić information content (AvgIpc) is 3.08. The van der Waals surface area contributed by atoms with Gasteiger partial charge in [0.25, 0.3) is 5.91 Å². The first-order chi connectivity index (χ1) is 13.1. The van der Waals surface area contributed by atoms with E-state index >= 15 is 0 Å². The molecule has 0 spiro atoms. The number of carbonyl (C=O) groups excluding carboxylic acids is 1. The summed E-state index contributed by atoms with van der Waals surface area (Å²) < 4.78 is 53.0. The number of alkyl halides is 3. The largest absolute Gasteiger partial charge is 0.416 e. The van der Waals surface area contributed by atoms with Gasteiger partial charge < -0.3 is 5.73 Å². The van der Waals surface area contributed by atoms with Gasteiger partial charge in [0.15, 0.2) is 5.82 Å². The maximum absolute atomic E-state index is 13.0. The second-order valence-corrected chi connectivity index (χ2v) is 5.78. The van der Waals surface area contributed by atoms with Crippen LogP contribution in [0.4, 0.5) is 17.6 Å². The van der Waals surface area contributed by atoms with Crippen molar-refractivity contribution < 1.29 is 22.4 Å². The molecule has 0 saturated heterocycles. The van der Waals surface area contributed by atoms with Crippen LogP contribution in [0.2, 0.25) is 0 Å². The lowest BCUT2D eigenvalue weighted by Crippen LogP contribution is -2.14. The normalized spacial score (nSPS) is 12.2. The summed E-state index contributed by atoms with van der Waals surface area (Å²) in [5, 5.41) is 4.05. The van der Waals surface area contributed by atoms with Crippen LogP contribution in [0.3, 0.4) is 0 Å². The van der Waals surface area contributed by atoms with E-state index in [0.717, 1.165) is 29.2 Å². The number of benzene rings is 1. The molecule has 2 N–H and O–H groups in total. The Hall–Kier alpha value is -3.63. The molecule has 144 valence electrons. The molecule has 0 bridgehead atoms. The predicted molar refractivity (Wildman–Crippen MR) is 90.5 cm³/mol. The van der Waals surface area contributed by atoms with Crippen LogP contribution in [0, 0.1) is 13.0 Å². The second-order valence-electron chi connectivity index (χ2n) is 5.78. The van der Waals surface area contributed by atoms with E-state index in [-0.39, 0.29) is 22.5 Å². The Morgan fingerprint density at radius 2 is 1.82 bits per heavy atom. The molecule has 0 aliphatic rings. The van der Waals surface area contributed by atoms with Crippen LogP contribution in [-0.4, -0.2) is 30.6 Å². The molecule has 0 fully saturated rings. The van der Waals surface area contributed by atoms with Crippen molar-refractivity contribution in [1.29, 1.82) is 0 Å². The van der Waals surface area contributed by atoms with E-state index in [2.05, 4.69) is 20.1 Å². The van der Waals surface area contributed by atoms with Gasteiger partial charge in [-0.05, 0) is 30.7 Å². The molecular weight excluding hydrogens is 380 g/mol. The number of hydrogen-bond donors (Lipinski definition) is 1. The Kier molecular flexibility index (Phi) is 4.91. The summed E-state index contributed by atoms with van der Waals surface area (Å²) in [6.07, 6.45) is -0.977. The summed E-state index contributed by atoms with van der Waals surface area (Å²) in [4.78, 5) is 22.3. The third-order valence-corrected chi connectivity index (χ3v) is 3.63. The quantitative estimate of drug-likeness (QED) is 0.418. The van der Waals surface area contributed by atoms with Crippen molar-refractivity contribution in [3.05, 3.63) is 59.7 Å². The van der Waals surface area contributed by atoms with Gasteiger partial charge in [-0.15, -0.1) is 5.10 Å². The molecule has 0 unspecified atom stereocenters. The van der Waals surface area contributed by atoms with Crippen molar-refractivity contribution in [1.82, 2.24) is 24.7 Å². The van der Waals surface area contributed by atoms with E-state index in [1.807, 2.05) is 0 Å². The standard InChI is InChI=1S/C17H12F4N6O/c1-9-2-10(4-12(3-9)17(19,20)21)15-25-8-27(26-15)7-13(14(22)28)11-5-23-16(18)24-6-11/h2-8H,1H3,(H2,22,28)/b13-7+. The van der Waals surface area contributed by atoms with Crippen LogP contribution >= 0.6 is 0 Å². The minimum atomic E-state index is -4.51. The van der Waals surface area contributed by atoms with Gasteiger partial charge in [0.2, 0.25) is 0 Å². The maximum Gasteiger partial charge on any atom is 0.416 e. The van der Waals surface area contributed by atoms with Crippen molar-refractivity contribution in [3.63, 3.8) is 0 Å². The number of aromatic nitrogens is 5. The Bertz CT molecular complexity index is 1060. The summed E-state index contributed by atoms with van der Waals surface area (Å²) in [6.45, 7) is 1.52. The van der Waals surface area contributed by atoms with E-state index in [1.165, 1.54) is 25.5 Å². The van der Waals surface area contributed by atoms with Gasteiger partial charge in [0.1, 0.15) is 6.33 Å². The zero-order valence-corrected chi connectivity index (χ0v) is 14.3. The zero-order valence-electron chi connectivity index (χ0n) is 14.3. The van der Waals surface area contributed by atoms with Crippen molar-refractivity contribution in [2.24, 2.45) is 5.73 Å². The molecule has 1 aromatic carbocycles. The van der Waals surface area contributed by atoms with E-state index in [0.29, 0.717) is 5.56 Å². The summed E-state index contributed by atoms with van der Waals surface area (Å²) in [5.41, 5.74) is 5.09. The Labute approximate surface area is 155 Å². The third kappa shape index (κ3) is 4.19. The first kappa shape index (κ1) is 19.1. The number of amides is 1. The van der Waals surface area contributed by atoms with Gasteiger partial charge in [-0.25, -0.2) is 19.6 Å². The lowest BCUT2D eigenvalue weighted by molar-refractivity contribution is -0.137. The SMILES string of the molecule is Cc1cc(-c2ncn(/C=C(/C(N)=O)c3cnc(F)nc3)n2)cc(C(F)(F)F)c1. The van der Waals surface area contributed by atoms with Crippen molar-refractivity contribution in [2.75, 3.05) is 0 Å². The highest BCUT2D eigenvalue weighted by Crippen LogP contribution is 2.32. The van der Waals surface area contributed by atoms with Crippen LogP contribution in [0.25, 0.3) is 23.2 Å². The van der Waals surface area contributed by atoms with Crippen LogP contribution in [0.15, 0.2) is 36.9 Å². The molecule has 0 aliphatic heterocycles. The van der Waals surface area contributed by atoms with Gasteiger partial charge in [0.05, 0.1) is 11.1 Å². The number of carbonyl (C=O) groups is 1. The van der Waals surface area contributed by atoms with Crippen molar-refractivity contribution in [3.8, 4) is 11.4 Å². The maximum atomic E-state index is 13.0. The molecular formula is C17H12F4N6O. The number of hydrogen-bond acceptors (Lipinski definition) is 5. The van der Waals surface area contributed by atoms with Gasteiger partial charge in [-0.2, -0.15) is 17.6 Å². The van der Waals surface area contributed by atoms with Gasteiger partial charge in [0, 0.05) is 29.7 Å². The van der Waals surface area contributed by atoms with Crippen LogP contribution < -0.4 is 5.73 Å². The molecule has 3 aromatic rings. The molecule has 11 heteroatoms. The number of nitrogens with two attached hydrogens (primary N) is 1. The number of rotatable bonds is 4. The number of primary amides is 1. The first-order valence-electron chi connectivity index (χ1n) is 7.73. The third-order valence-electron chi connectivity index (χ3n) is 3.63. The molecule has 7 nitrogen and oxygen atoms in total. The summed E-state index contributed by atoms with van der Waals surface area (Å²) in [7, 11) is 0. The lowest BCUT2D eigenvalue weighted by atomic mass is 10.1. The average molecular weight is 392 g/mol. The zero-order chi connectivity index (χ0) is 20.5. The van der Waals surface area contributed by atoms with E-state index < -0.39 is 23.7 Å². The highest BCUT2D eigenvalue weighted by atomic mass is 19.4. The fourth-order valence-corrected chi connectivity index (χ4v) is 2.41. The molecule has 2 heterocycles. The Morgan fingerprint density at radius 1 is 1.14 bits per heavy atom. The van der Waals surface area contributed by atoms with Gasteiger partial charge in [-0.3, -0.25) is 4.79 Å². The number of halogens is 4. The summed E-state index contributed by atoms with van der Waals surface area (Å²) in [6, 6.07) is 3.45. The summed E-state index contributed by atoms with van der Waals surface area (Å²) >= 11 is 0. The van der Waals surface area contributed by atoms with E-state index in [4.69, 9.17) is 5.73 Å². The molecule has 3 rings (SSSR count). The second kappa shape index (κ2) is 7.18. The molecule has 0 aliphatic carbocycles. The minimum Gasteiger partial charge on any atom is -0.366 e. The molecule has 0 radical (unpaired) electrons. The van der Waals surface area contributed by atoms with Crippen molar-refractivity contribution in [2.45, 2.75) is 13.1 Å². The predicted octanol–water partition coefficient (Wildman–Crippen LogP) is 2.68. The highest BCUT2D eigenvalue weighted by molar-refractivity contribution is 6.22. The van der Waals surface area contributed by atoms with Crippen LogP contribution in [-0.2, 0) is 11.0 Å². The van der Waals surface area contributed by atoms with Crippen LogP contribution in [0.5, 0.6) is 0 Å². The molecule has 0 atom stereocenters. The number of nitrogens with zero attached hydrogens (tertiary/aromatic N) is 5. The smallest absolute Gasteiger partial charge is 0.366 e. The van der Waals surface area contributed by atoms with Crippen LogP contribution in [0.1, 0.15) is 16.7 Å². The molecule has 0 saturated carbocycles. The molecule has 2 aromatic heterocycles. The van der Waals surface area contributed by atoms with Crippen molar-refractivity contribution >= 4 is 17.7 Å². The summed E-state index contributed by atoms with van der Waals surface area (Å²) in [5.74, 6) is -0.841. The first-order valence-corrected chi connectivity index (χ1v) is 7.73. The minimum absolute atomic E-state index is 0.0182. The van der Waals surface area contributed by atoms with E-state index in [1.54, 1.807) is 0 Å². The Balaban J connectivity index is 1.99. The van der Waals surface area contributed by atoms with Gasteiger partial charge in [-0.1, -0.05) is 0 Å². The lowest BCUT2D eigenvalue weighted by Gasteiger charge is -2.09. The highest BCUT2D eigenvalue weighted by Gasteiger charge is 2.31. The number of aryl methyl sites for hydroxylation is 1. The Morgan fingerprint density at radius 3 is 2.43 bits per heavy atom. The van der Waals surface area contributed by atoms with E-state index in [9.17, 15) is 22.4 Å². The molecule has 1 amide bonds.